The normalized spacial score (nSPS) is 18.1. The number of rotatable bonds is 5. The molecular weight excluding hydrogens is 332 g/mol. The number of benzene rings is 2. The zero-order chi connectivity index (χ0) is 17.6. The SMILES string of the molecule is Cc1ccccc1CN1CCCC(C(=O)NCc2ccccc2Cl)C1. The number of carbonyl (C=O) groups is 1. The summed E-state index contributed by atoms with van der Waals surface area (Å²) in [5, 5.41) is 3.76. The number of likely N-dealkylation sites (tertiary alicyclic amines) is 1. The van der Waals surface area contributed by atoms with E-state index in [1.54, 1.807) is 0 Å². The fourth-order valence-electron chi connectivity index (χ4n) is 3.41. The maximum atomic E-state index is 12.6. The van der Waals surface area contributed by atoms with Gasteiger partial charge in [0.2, 0.25) is 5.91 Å². The first kappa shape index (κ1) is 18.0. The Labute approximate surface area is 155 Å². The van der Waals surface area contributed by atoms with Crippen LogP contribution in [0.25, 0.3) is 0 Å². The van der Waals surface area contributed by atoms with Gasteiger partial charge in [-0.15, -0.1) is 0 Å². The summed E-state index contributed by atoms with van der Waals surface area (Å²) in [5.74, 6) is 0.189. The molecule has 0 aromatic heterocycles. The highest BCUT2D eigenvalue weighted by molar-refractivity contribution is 6.31. The lowest BCUT2D eigenvalue weighted by Crippen LogP contribution is -2.42. The van der Waals surface area contributed by atoms with Crippen LogP contribution < -0.4 is 5.32 Å². The molecule has 3 nitrogen and oxygen atoms in total. The number of amides is 1. The molecule has 0 bridgehead atoms. The summed E-state index contributed by atoms with van der Waals surface area (Å²) in [6.07, 6.45) is 2.02. The van der Waals surface area contributed by atoms with Gasteiger partial charge in [-0.05, 0) is 49.1 Å². The van der Waals surface area contributed by atoms with E-state index in [2.05, 4.69) is 41.4 Å². The average molecular weight is 357 g/mol. The van der Waals surface area contributed by atoms with Gasteiger partial charge in [0.1, 0.15) is 0 Å². The van der Waals surface area contributed by atoms with Crippen molar-refractivity contribution < 1.29 is 4.79 Å². The van der Waals surface area contributed by atoms with E-state index >= 15 is 0 Å². The van der Waals surface area contributed by atoms with Gasteiger partial charge in [0.25, 0.3) is 0 Å². The predicted molar refractivity (Wildman–Crippen MR) is 102 cm³/mol. The van der Waals surface area contributed by atoms with Crippen LogP contribution in [0.5, 0.6) is 0 Å². The molecular formula is C21H25ClN2O. The Balaban J connectivity index is 1.55. The number of hydrogen-bond donors (Lipinski definition) is 1. The second kappa shape index (κ2) is 8.50. The van der Waals surface area contributed by atoms with Crippen molar-refractivity contribution in [3.8, 4) is 0 Å². The number of nitrogens with one attached hydrogen (secondary N) is 1. The molecule has 0 spiro atoms. The highest BCUT2D eigenvalue weighted by Crippen LogP contribution is 2.21. The van der Waals surface area contributed by atoms with Gasteiger partial charge in [-0.3, -0.25) is 9.69 Å². The Morgan fingerprint density at radius 1 is 1.16 bits per heavy atom. The Morgan fingerprint density at radius 3 is 2.64 bits per heavy atom. The molecule has 0 radical (unpaired) electrons. The Kier molecular flexibility index (Phi) is 6.11. The molecule has 25 heavy (non-hydrogen) atoms. The molecule has 4 heteroatoms. The minimum absolute atomic E-state index is 0.0558. The molecule has 1 amide bonds. The highest BCUT2D eigenvalue weighted by Gasteiger charge is 2.25. The van der Waals surface area contributed by atoms with Crippen LogP contribution in [-0.4, -0.2) is 23.9 Å². The maximum absolute atomic E-state index is 12.6. The van der Waals surface area contributed by atoms with E-state index in [1.165, 1.54) is 11.1 Å². The van der Waals surface area contributed by atoms with Crippen molar-refractivity contribution in [2.45, 2.75) is 32.9 Å². The van der Waals surface area contributed by atoms with Gasteiger partial charge in [0.05, 0.1) is 5.92 Å². The predicted octanol–water partition coefficient (Wildman–Crippen LogP) is 4.18. The molecule has 3 rings (SSSR count). The van der Waals surface area contributed by atoms with Gasteiger partial charge >= 0.3 is 0 Å². The first-order valence-electron chi connectivity index (χ1n) is 8.91. The van der Waals surface area contributed by atoms with Crippen LogP contribution >= 0.6 is 11.6 Å². The Hall–Kier alpha value is -1.84. The highest BCUT2D eigenvalue weighted by atomic mass is 35.5. The van der Waals surface area contributed by atoms with E-state index in [0.29, 0.717) is 11.6 Å². The molecule has 0 saturated carbocycles. The van der Waals surface area contributed by atoms with Crippen molar-refractivity contribution >= 4 is 17.5 Å². The summed E-state index contributed by atoms with van der Waals surface area (Å²) in [5.41, 5.74) is 3.62. The quantitative estimate of drug-likeness (QED) is 0.871. The second-order valence-corrected chi connectivity index (χ2v) is 7.22. The summed E-state index contributed by atoms with van der Waals surface area (Å²) in [7, 11) is 0. The van der Waals surface area contributed by atoms with E-state index in [4.69, 9.17) is 11.6 Å². The maximum Gasteiger partial charge on any atom is 0.224 e. The molecule has 1 N–H and O–H groups in total. The third kappa shape index (κ3) is 4.83. The van der Waals surface area contributed by atoms with Crippen molar-refractivity contribution in [2.75, 3.05) is 13.1 Å². The Morgan fingerprint density at radius 2 is 1.88 bits per heavy atom. The van der Waals surface area contributed by atoms with Crippen molar-refractivity contribution in [3.63, 3.8) is 0 Å². The van der Waals surface area contributed by atoms with Gasteiger partial charge in [-0.2, -0.15) is 0 Å². The van der Waals surface area contributed by atoms with Crippen molar-refractivity contribution in [1.82, 2.24) is 10.2 Å². The largest absolute Gasteiger partial charge is 0.352 e. The van der Waals surface area contributed by atoms with Crippen LogP contribution in [0.1, 0.15) is 29.5 Å². The first-order chi connectivity index (χ1) is 12.1. The van der Waals surface area contributed by atoms with Crippen LogP contribution in [0.4, 0.5) is 0 Å². The van der Waals surface area contributed by atoms with E-state index in [-0.39, 0.29) is 11.8 Å². The summed E-state index contributed by atoms with van der Waals surface area (Å²) >= 11 is 6.16. The molecule has 1 saturated heterocycles. The van der Waals surface area contributed by atoms with E-state index < -0.39 is 0 Å². The Bertz CT molecular complexity index is 731. The van der Waals surface area contributed by atoms with Gasteiger partial charge in [0.15, 0.2) is 0 Å². The molecule has 1 unspecified atom stereocenters. The number of carbonyl (C=O) groups excluding carboxylic acids is 1. The summed E-state index contributed by atoms with van der Waals surface area (Å²) in [6, 6.07) is 16.1. The van der Waals surface area contributed by atoms with Gasteiger partial charge in [0, 0.05) is 24.7 Å². The van der Waals surface area contributed by atoms with Crippen LogP contribution in [0.15, 0.2) is 48.5 Å². The van der Waals surface area contributed by atoms with Gasteiger partial charge in [-0.25, -0.2) is 0 Å². The minimum atomic E-state index is 0.0558. The molecule has 132 valence electrons. The van der Waals surface area contributed by atoms with Crippen LogP contribution in [0.3, 0.4) is 0 Å². The molecule has 0 aliphatic carbocycles. The van der Waals surface area contributed by atoms with Gasteiger partial charge < -0.3 is 5.32 Å². The van der Waals surface area contributed by atoms with Crippen molar-refractivity contribution in [3.05, 3.63) is 70.2 Å². The van der Waals surface area contributed by atoms with Crippen molar-refractivity contribution in [2.24, 2.45) is 5.92 Å². The number of aryl methyl sites for hydroxylation is 1. The zero-order valence-electron chi connectivity index (χ0n) is 14.7. The van der Waals surface area contributed by atoms with Crippen molar-refractivity contribution in [1.29, 1.82) is 0 Å². The molecule has 2 aromatic rings. The van der Waals surface area contributed by atoms with E-state index in [1.807, 2.05) is 24.3 Å². The summed E-state index contributed by atoms with van der Waals surface area (Å²) < 4.78 is 0. The topological polar surface area (TPSA) is 32.3 Å². The molecule has 1 fully saturated rings. The molecule has 1 heterocycles. The minimum Gasteiger partial charge on any atom is -0.352 e. The summed E-state index contributed by atoms with van der Waals surface area (Å²) in [4.78, 5) is 15.0. The fraction of sp³-hybridized carbons (Fsp3) is 0.381. The van der Waals surface area contributed by atoms with Crippen LogP contribution in [-0.2, 0) is 17.9 Å². The molecule has 1 aliphatic heterocycles. The first-order valence-corrected chi connectivity index (χ1v) is 9.29. The molecule has 1 aliphatic rings. The van der Waals surface area contributed by atoms with E-state index in [0.717, 1.165) is 38.0 Å². The average Bonchev–Trinajstić information content (AvgIpc) is 2.63. The fourth-order valence-corrected chi connectivity index (χ4v) is 3.61. The lowest BCUT2D eigenvalue weighted by molar-refractivity contribution is -0.126. The van der Waals surface area contributed by atoms with Crippen LogP contribution in [0.2, 0.25) is 5.02 Å². The van der Waals surface area contributed by atoms with Gasteiger partial charge in [-0.1, -0.05) is 54.1 Å². The molecule has 1 atom stereocenters. The second-order valence-electron chi connectivity index (χ2n) is 6.81. The third-order valence-electron chi connectivity index (χ3n) is 4.94. The third-order valence-corrected chi connectivity index (χ3v) is 5.31. The summed E-state index contributed by atoms with van der Waals surface area (Å²) in [6.45, 7) is 5.44. The lowest BCUT2D eigenvalue weighted by Gasteiger charge is -2.32. The standard InChI is InChI=1S/C21H25ClN2O/c1-16-7-2-3-9-18(16)14-24-12-6-10-19(15-24)21(25)23-13-17-8-4-5-11-20(17)22/h2-5,7-9,11,19H,6,10,12-15H2,1H3,(H,23,25). The lowest BCUT2D eigenvalue weighted by atomic mass is 9.96. The number of nitrogens with zero attached hydrogens (tertiary/aromatic N) is 1. The van der Waals surface area contributed by atoms with Crippen LogP contribution in [0, 0.1) is 12.8 Å². The number of piperidine rings is 1. The smallest absolute Gasteiger partial charge is 0.224 e. The number of halogens is 1. The van der Waals surface area contributed by atoms with E-state index in [9.17, 15) is 4.79 Å². The zero-order valence-corrected chi connectivity index (χ0v) is 15.4. The number of hydrogen-bond acceptors (Lipinski definition) is 2. The molecule has 2 aromatic carbocycles. The monoisotopic (exact) mass is 356 g/mol.